The minimum Gasteiger partial charge on any atom is -0.484 e. The molecule has 1 atom stereocenters. The summed E-state index contributed by atoms with van der Waals surface area (Å²) in [6, 6.07) is 16.0. The highest BCUT2D eigenvalue weighted by atomic mass is 35.5. The fourth-order valence-corrected chi connectivity index (χ4v) is 4.34. The monoisotopic (exact) mass is 539 g/mol. The smallest absolute Gasteiger partial charge is 0.262 e. The van der Waals surface area contributed by atoms with Crippen LogP contribution in [0.5, 0.6) is 17.2 Å². The highest BCUT2D eigenvalue weighted by Gasteiger charge is 2.35. The van der Waals surface area contributed by atoms with E-state index in [-0.39, 0.29) is 43.2 Å². The van der Waals surface area contributed by atoms with Crippen LogP contribution in [0.1, 0.15) is 12.0 Å². The molecule has 38 heavy (non-hydrogen) atoms. The molecular formula is C27H23ClFN3O6. The van der Waals surface area contributed by atoms with Crippen LogP contribution in [-0.4, -0.2) is 37.7 Å². The number of fused-ring (bicyclic) bond motifs is 1. The van der Waals surface area contributed by atoms with E-state index in [0.717, 1.165) is 11.6 Å². The van der Waals surface area contributed by atoms with Gasteiger partial charge in [0.25, 0.3) is 5.91 Å². The standard InChI is InChI=1S/C27H23ClFN3O6/c28-21-11-18(2-7-22(21)29)31-25(33)14-36-20-5-3-19(4-6-20)32-13-17(10-26(32)34)27(35)30-12-16-1-8-23-24(9-16)38-15-37-23/h1-9,11,17H,10,12-15H2,(H,30,35)(H,31,33)/t17-/m0/s1. The Hall–Kier alpha value is -4.31. The van der Waals surface area contributed by atoms with Gasteiger partial charge in [0.1, 0.15) is 11.6 Å². The molecule has 0 radical (unpaired) electrons. The Morgan fingerprint density at radius 1 is 1.05 bits per heavy atom. The number of amides is 3. The summed E-state index contributed by atoms with van der Waals surface area (Å²) < 4.78 is 29.4. The molecule has 2 aliphatic heterocycles. The van der Waals surface area contributed by atoms with Gasteiger partial charge in [0.15, 0.2) is 18.1 Å². The van der Waals surface area contributed by atoms with Crippen LogP contribution in [0.25, 0.3) is 0 Å². The van der Waals surface area contributed by atoms with E-state index >= 15 is 0 Å². The Morgan fingerprint density at radius 3 is 2.63 bits per heavy atom. The van der Waals surface area contributed by atoms with E-state index in [2.05, 4.69) is 10.6 Å². The summed E-state index contributed by atoms with van der Waals surface area (Å²) in [5.41, 5.74) is 1.84. The molecule has 196 valence electrons. The lowest BCUT2D eigenvalue weighted by atomic mass is 10.1. The fraction of sp³-hybridized carbons (Fsp3) is 0.222. The lowest BCUT2D eigenvalue weighted by molar-refractivity contribution is -0.126. The van der Waals surface area contributed by atoms with Gasteiger partial charge in [-0.1, -0.05) is 17.7 Å². The van der Waals surface area contributed by atoms with Crippen LogP contribution in [0.15, 0.2) is 60.7 Å². The number of hydrogen-bond donors (Lipinski definition) is 2. The zero-order valence-electron chi connectivity index (χ0n) is 20.0. The summed E-state index contributed by atoms with van der Waals surface area (Å²) in [7, 11) is 0. The van der Waals surface area contributed by atoms with Crippen LogP contribution in [-0.2, 0) is 20.9 Å². The average Bonchev–Trinajstić information content (AvgIpc) is 3.55. The third-order valence-electron chi connectivity index (χ3n) is 6.12. The third-order valence-corrected chi connectivity index (χ3v) is 6.41. The Labute approximate surface area is 222 Å². The molecule has 0 aliphatic carbocycles. The molecular weight excluding hydrogens is 517 g/mol. The summed E-state index contributed by atoms with van der Waals surface area (Å²) >= 11 is 5.72. The van der Waals surface area contributed by atoms with Crippen molar-refractivity contribution in [1.29, 1.82) is 0 Å². The molecule has 9 nitrogen and oxygen atoms in total. The Balaban J connectivity index is 1.10. The normalized spacial score (nSPS) is 15.9. The van der Waals surface area contributed by atoms with Crippen molar-refractivity contribution in [3.05, 3.63) is 77.1 Å². The minimum absolute atomic E-state index is 0.0970. The van der Waals surface area contributed by atoms with E-state index in [0.29, 0.717) is 35.2 Å². The third kappa shape index (κ3) is 5.81. The van der Waals surface area contributed by atoms with Crippen molar-refractivity contribution in [2.45, 2.75) is 13.0 Å². The van der Waals surface area contributed by atoms with Gasteiger partial charge in [0, 0.05) is 30.9 Å². The molecule has 0 unspecified atom stereocenters. The number of nitrogens with zero attached hydrogens (tertiary/aromatic N) is 1. The largest absolute Gasteiger partial charge is 0.484 e. The van der Waals surface area contributed by atoms with Crippen LogP contribution in [0.2, 0.25) is 5.02 Å². The molecule has 1 fully saturated rings. The minimum atomic E-state index is -0.578. The molecule has 0 aromatic heterocycles. The first-order chi connectivity index (χ1) is 18.4. The maximum atomic E-state index is 13.2. The zero-order chi connectivity index (χ0) is 26.6. The molecule has 2 N–H and O–H groups in total. The number of benzene rings is 3. The quantitative estimate of drug-likeness (QED) is 0.450. The topological polar surface area (TPSA) is 106 Å². The highest BCUT2D eigenvalue weighted by Crippen LogP contribution is 2.32. The van der Waals surface area contributed by atoms with E-state index in [9.17, 15) is 18.8 Å². The number of hydrogen-bond acceptors (Lipinski definition) is 6. The van der Waals surface area contributed by atoms with Gasteiger partial charge < -0.3 is 29.7 Å². The van der Waals surface area contributed by atoms with Gasteiger partial charge in [0.2, 0.25) is 18.6 Å². The van der Waals surface area contributed by atoms with Crippen molar-refractivity contribution in [2.24, 2.45) is 5.92 Å². The number of carbonyl (C=O) groups excluding carboxylic acids is 3. The SMILES string of the molecule is O=C(COc1ccc(N2C[C@@H](C(=O)NCc3ccc4c(c3)OCO4)CC2=O)cc1)Nc1ccc(F)c(Cl)c1. The molecule has 11 heteroatoms. The molecule has 3 amide bonds. The number of halogens is 2. The van der Waals surface area contributed by atoms with E-state index in [1.54, 1.807) is 35.2 Å². The summed E-state index contributed by atoms with van der Waals surface area (Å²) in [5.74, 6) is -0.114. The second-order valence-corrected chi connectivity index (χ2v) is 9.18. The van der Waals surface area contributed by atoms with Crippen LogP contribution in [0, 0.1) is 11.7 Å². The van der Waals surface area contributed by atoms with Crippen LogP contribution in [0.4, 0.5) is 15.8 Å². The van der Waals surface area contributed by atoms with Gasteiger partial charge >= 0.3 is 0 Å². The Bertz CT molecular complexity index is 1380. The molecule has 2 aliphatic rings. The molecule has 1 saturated heterocycles. The molecule has 3 aromatic rings. The van der Waals surface area contributed by atoms with Crippen molar-refractivity contribution in [3.8, 4) is 17.2 Å². The zero-order valence-corrected chi connectivity index (χ0v) is 20.8. The molecule has 0 spiro atoms. The fourth-order valence-electron chi connectivity index (χ4n) is 4.16. The van der Waals surface area contributed by atoms with Gasteiger partial charge in [-0.05, 0) is 60.2 Å². The van der Waals surface area contributed by atoms with Crippen molar-refractivity contribution in [3.63, 3.8) is 0 Å². The van der Waals surface area contributed by atoms with Gasteiger partial charge in [-0.25, -0.2) is 4.39 Å². The second-order valence-electron chi connectivity index (χ2n) is 8.77. The number of rotatable bonds is 8. The van der Waals surface area contributed by atoms with E-state index < -0.39 is 17.6 Å². The second kappa shape index (κ2) is 11.0. The molecule has 2 heterocycles. The van der Waals surface area contributed by atoms with E-state index in [1.807, 2.05) is 12.1 Å². The number of nitrogens with one attached hydrogen (secondary N) is 2. The molecule has 3 aromatic carbocycles. The van der Waals surface area contributed by atoms with E-state index in [1.165, 1.54) is 12.1 Å². The first-order valence-corrected chi connectivity index (χ1v) is 12.2. The maximum Gasteiger partial charge on any atom is 0.262 e. The van der Waals surface area contributed by atoms with Gasteiger partial charge in [-0.15, -0.1) is 0 Å². The lowest BCUT2D eigenvalue weighted by Crippen LogP contribution is -2.32. The number of anilines is 2. The molecule has 0 saturated carbocycles. The van der Waals surface area contributed by atoms with Gasteiger partial charge in [-0.3, -0.25) is 14.4 Å². The summed E-state index contributed by atoms with van der Waals surface area (Å²) in [4.78, 5) is 39.0. The first kappa shape index (κ1) is 25.3. The van der Waals surface area contributed by atoms with Crippen LogP contribution in [0.3, 0.4) is 0 Å². The van der Waals surface area contributed by atoms with Crippen LogP contribution < -0.4 is 29.7 Å². The molecule has 0 bridgehead atoms. The lowest BCUT2D eigenvalue weighted by Gasteiger charge is -2.17. The van der Waals surface area contributed by atoms with Crippen molar-refractivity contribution < 1.29 is 33.0 Å². The Morgan fingerprint density at radius 2 is 1.84 bits per heavy atom. The predicted octanol–water partition coefficient (Wildman–Crippen LogP) is 3.89. The predicted molar refractivity (Wildman–Crippen MR) is 137 cm³/mol. The maximum absolute atomic E-state index is 13.2. The molecule has 5 rings (SSSR count). The summed E-state index contributed by atoms with van der Waals surface area (Å²) in [6.07, 6.45) is 0.110. The van der Waals surface area contributed by atoms with Crippen molar-refractivity contribution >= 4 is 40.7 Å². The number of ether oxygens (including phenoxy) is 3. The van der Waals surface area contributed by atoms with Crippen molar-refractivity contribution in [1.82, 2.24) is 5.32 Å². The van der Waals surface area contributed by atoms with Gasteiger partial charge in [-0.2, -0.15) is 0 Å². The average molecular weight is 540 g/mol. The highest BCUT2D eigenvalue weighted by molar-refractivity contribution is 6.31. The Kier molecular flexibility index (Phi) is 7.32. The van der Waals surface area contributed by atoms with Crippen LogP contribution >= 0.6 is 11.6 Å². The number of carbonyl (C=O) groups is 3. The summed E-state index contributed by atoms with van der Waals surface area (Å²) in [6.45, 7) is 0.478. The van der Waals surface area contributed by atoms with E-state index in [4.69, 9.17) is 25.8 Å². The first-order valence-electron chi connectivity index (χ1n) is 11.8. The van der Waals surface area contributed by atoms with Gasteiger partial charge in [0.05, 0.1) is 10.9 Å². The van der Waals surface area contributed by atoms with Crippen molar-refractivity contribution in [2.75, 3.05) is 30.2 Å². The summed E-state index contributed by atoms with van der Waals surface area (Å²) in [5, 5.41) is 5.36.